The molecule has 40 heavy (non-hydrogen) atoms. The van der Waals surface area contributed by atoms with Gasteiger partial charge in [-0.3, -0.25) is 19.2 Å². The molecule has 0 radical (unpaired) electrons. The molecule has 0 saturated heterocycles. The molecular weight excluding hydrogens is 510 g/mol. The van der Waals surface area contributed by atoms with E-state index in [1.165, 1.54) is 0 Å². The van der Waals surface area contributed by atoms with Gasteiger partial charge in [0.2, 0.25) is 11.8 Å². The normalized spacial score (nSPS) is 15.1. The van der Waals surface area contributed by atoms with Crippen LogP contribution < -0.4 is 16.4 Å². The molecule has 6 rings (SSSR count). The van der Waals surface area contributed by atoms with E-state index in [4.69, 9.17) is 5.73 Å². The summed E-state index contributed by atoms with van der Waals surface area (Å²) in [6.07, 6.45) is 3.37. The first-order chi connectivity index (χ1) is 19.4. The summed E-state index contributed by atoms with van der Waals surface area (Å²) < 4.78 is 0. The van der Waals surface area contributed by atoms with Crippen LogP contribution in [-0.4, -0.2) is 49.4 Å². The van der Waals surface area contributed by atoms with Crippen LogP contribution in [0.25, 0.3) is 33.5 Å². The first-order valence-corrected chi connectivity index (χ1v) is 12.7. The zero-order valence-electron chi connectivity index (χ0n) is 21.2. The van der Waals surface area contributed by atoms with E-state index in [0.29, 0.717) is 44.8 Å². The maximum Gasteiger partial charge on any atom is 0.241 e. The fourth-order valence-corrected chi connectivity index (χ4v) is 4.62. The SMILES string of the molecule is NC(CCC(=O)NC1=CCC(=O)c2nc3ccccc3nc21)C(=O)NC1=CCC(=O)c2nc3ccccc3nc21. The highest BCUT2D eigenvalue weighted by atomic mass is 16.2. The number of amides is 2. The Hall–Kier alpha value is -5.16. The van der Waals surface area contributed by atoms with Gasteiger partial charge in [-0.15, -0.1) is 0 Å². The Balaban J connectivity index is 1.11. The van der Waals surface area contributed by atoms with E-state index in [9.17, 15) is 19.2 Å². The Bertz CT molecular complexity index is 1810. The van der Waals surface area contributed by atoms with Crippen LogP contribution in [0.15, 0.2) is 60.7 Å². The van der Waals surface area contributed by atoms with Crippen LogP contribution >= 0.6 is 0 Å². The number of benzene rings is 2. The first-order valence-electron chi connectivity index (χ1n) is 12.7. The molecule has 11 heteroatoms. The zero-order chi connectivity index (χ0) is 27.8. The first kappa shape index (κ1) is 25.1. The number of fused-ring (bicyclic) bond motifs is 4. The number of nitrogens with two attached hydrogens (primary N) is 1. The number of carbonyl (C=O) groups is 4. The number of nitrogens with one attached hydrogen (secondary N) is 2. The van der Waals surface area contributed by atoms with Gasteiger partial charge in [-0.2, -0.15) is 0 Å². The molecule has 0 saturated carbocycles. The van der Waals surface area contributed by atoms with Crippen molar-refractivity contribution in [2.75, 3.05) is 0 Å². The van der Waals surface area contributed by atoms with Gasteiger partial charge in [0.25, 0.3) is 0 Å². The number of aromatic nitrogens is 4. The Morgan fingerprint density at radius 1 is 0.700 bits per heavy atom. The molecule has 0 aliphatic heterocycles. The van der Waals surface area contributed by atoms with Crippen molar-refractivity contribution in [2.45, 2.75) is 31.7 Å². The van der Waals surface area contributed by atoms with E-state index >= 15 is 0 Å². The number of rotatable bonds is 6. The number of para-hydroxylation sites is 4. The summed E-state index contributed by atoms with van der Waals surface area (Å²) in [6, 6.07) is 13.3. The van der Waals surface area contributed by atoms with E-state index in [0.717, 1.165) is 0 Å². The third-order valence-electron chi connectivity index (χ3n) is 6.71. The Labute approximate surface area is 227 Å². The van der Waals surface area contributed by atoms with Crippen LogP contribution in [0.5, 0.6) is 0 Å². The van der Waals surface area contributed by atoms with E-state index < -0.39 is 11.9 Å². The maximum atomic E-state index is 12.9. The molecule has 4 aromatic rings. The summed E-state index contributed by atoms with van der Waals surface area (Å²) >= 11 is 0. The van der Waals surface area contributed by atoms with Crippen LogP contribution in [0.1, 0.15) is 58.0 Å². The number of hydrogen-bond donors (Lipinski definition) is 3. The number of hydrogen-bond acceptors (Lipinski definition) is 9. The highest BCUT2D eigenvalue weighted by molar-refractivity contribution is 6.06. The number of carbonyl (C=O) groups excluding carboxylic acids is 4. The van der Waals surface area contributed by atoms with Gasteiger partial charge < -0.3 is 16.4 Å². The van der Waals surface area contributed by atoms with Crippen LogP contribution in [0.3, 0.4) is 0 Å². The van der Waals surface area contributed by atoms with Crippen molar-refractivity contribution in [3.8, 4) is 0 Å². The molecule has 2 aromatic heterocycles. The molecule has 2 amide bonds. The molecular formula is C29H23N7O4. The molecule has 11 nitrogen and oxygen atoms in total. The van der Waals surface area contributed by atoms with Gasteiger partial charge in [0.05, 0.1) is 39.5 Å². The summed E-state index contributed by atoms with van der Waals surface area (Å²) in [5.74, 6) is -1.26. The number of ketones is 2. The quantitative estimate of drug-likeness (QED) is 0.337. The topological polar surface area (TPSA) is 170 Å². The molecule has 0 fully saturated rings. The van der Waals surface area contributed by atoms with Crippen LogP contribution in [0.4, 0.5) is 0 Å². The number of nitrogens with zero attached hydrogens (tertiary/aromatic N) is 4. The van der Waals surface area contributed by atoms with E-state index in [2.05, 4.69) is 30.6 Å². The lowest BCUT2D eigenvalue weighted by atomic mass is 10.0. The van der Waals surface area contributed by atoms with Gasteiger partial charge in [0.1, 0.15) is 22.8 Å². The van der Waals surface area contributed by atoms with Crippen LogP contribution in [-0.2, 0) is 9.59 Å². The fraction of sp³-hybridized carbons (Fsp3) is 0.172. The Morgan fingerprint density at radius 3 is 1.60 bits per heavy atom. The second kappa shape index (κ2) is 10.2. The minimum Gasteiger partial charge on any atom is -0.324 e. The van der Waals surface area contributed by atoms with Crippen molar-refractivity contribution >= 4 is 56.8 Å². The largest absolute Gasteiger partial charge is 0.324 e. The maximum absolute atomic E-state index is 12.9. The molecule has 1 atom stereocenters. The lowest BCUT2D eigenvalue weighted by Gasteiger charge is -2.19. The average Bonchev–Trinajstić information content (AvgIpc) is 2.97. The van der Waals surface area contributed by atoms with Crippen molar-refractivity contribution in [3.63, 3.8) is 0 Å². The van der Waals surface area contributed by atoms with Gasteiger partial charge in [0, 0.05) is 19.3 Å². The molecule has 2 aliphatic rings. The third-order valence-corrected chi connectivity index (χ3v) is 6.71. The van der Waals surface area contributed by atoms with Crippen molar-refractivity contribution in [1.82, 2.24) is 30.6 Å². The smallest absolute Gasteiger partial charge is 0.241 e. The van der Waals surface area contributed by atoms with E-state index in [1.54, 1.807) is 36.4 Å². The molecule has 198 valence electrons. The molecule has 1 unspecified atom stereocenters. The second-order valence-electron chi connectivity index (χ2n) is 9.49. The molecule has 0 spiro atoms. The lowest BCUT2D eigenvalue weighted by Crippen LogP contribution is -2.41. The van der Waals surface area contributed by atoms with E-state index in [-0.39, 0.29) is 54.5 Å². The highest BCUT2D eigenvalue weighted by Crippen LogP contribution is 2.26. The molecule has 4 N–H and O–H groups in total. The van der Waals surface area contributed by atoms with Crippen LogP contribution in [0, 0.1) is 0 Å². The standard InChI is InChI=1S/C29H23N7O4/c30-15(29(40)36-21-11-13-23(38)28-26(21)33-17-6-2-4-8-19(17)35-28)9-14-24(39)31-20-10-12-22(37)27-25(20)32-16-5-1-3-7-18(16)34-27/h1-8,10-11,15H,9,12-14,30H2,(H,31,39)(H,36,40). The monoisotopic (exact) mass is 533 g/mol. The van der Waals surface area contributed by atoms with Gasteiger partial charge >= 0.3 is 0 Å². The molecule has 2 aromatic carbocycles. The molecule has 2 aliphatic carbocycles. The van der Waals surface area contributed by atoms with Crippen molar-refractivity contribution in [2.24, 2.45) is 5.73 Å². The summed E-state index contributed by atoms with van der Waals surface area (Å²) in [4.78, 5) is 68.4. The lowest BCUT2D eigenvalue weighted by molar-refractivity contribution is -0.122. The van der Waals surface area contributed by atoms with Gasteiger partial charge in [-0.25, -0.2) is 19.9 Å². The highest BCUT2D eigenvalue weighted by Gasteiger charge is 2.27. The van der Waals surface area contributed by atoms with Gasteiger partial charge in [-0.05, 0) is 30.7 Å². The van der Waals surface area contributed by atoms with Crippen molar-refractivity contribution < 1.29 is 19.2 Å². The van der Waals surface area contributed by atoms with Gasteiger partial charge in [0.15, 0.2) is 11.6 Å². The Kier molecular flexibility index (Phi) is 6.40. The summed E-state index contributed by atoms with van der Waals surface area (Å²) in [5, 5.41) is 5.53. The predicted octanol–water partition coefficient (Wildman–Crippen LogP) is 2.47. The second-order valence-corrected chi connectivity index (χ2v) is 9.49. The summed E-state index contributed by atoms with van der Waals surface area (Å²) in [7, 11) is 0. The zero-order valence-corrected chi connectivity index (χ0v) is 21.2. The number of Topliss-reactive ketones (excluding diaryl/α,β-unsaturated/α-hetero) is 2. The van der Waals surface area contributed by atoms with Gasteiger partial charge in [-0.1, -0.05) is 36.4 Å². The van der Waals surface area contributed by atoms with Crippen LogP contribution in [0.2, 0.25) is 0 Å². The summed E-state index contributed by atoms with van der Waals surface area (Å²) in [5.41, 5.74) is 10.3. The van der Waals surface area contributed by atoms with E-state index in [1.807, 2.05) is 24.3 Å². The van der Waals surface area contributed by atoms with Crippen molar-refractivity contribution in [3.05, 3.63) is 83.5 Å². The number of allylic oxidation sites excluding steroid dienone is 2. The molecule has 0 bridgehead atoms. The third kappa shape index (κ3) is 4.74. The minimum atomic E-state index is -1.00. The Morgan fingerprint density at radius 2 is 1.12 bits per heavy atom. The molecule has 2 heterocycles. The predicted molar refractivity (Wildman–Crippen MR) is 146 cm³/mol. The fourth-order valence-electron chi connectivity index (χ4n) is 4.62. The van der Waals surface area contributed by atoms with Crippen molar-refractivity contribution in [1.29, 1.82) is 0 Å². The minimum absolute atomic E-state index is 0.0468. The average molecular weight is 534 g/mol. The summed E-state index contributed by atoms with van der Waals surface area (Å²) in [6.45, 7) is 0.